The van der Waals surface area contributed by atoms with Crippen molar-refractivity contribution in [2.75, 3.05) is 4.90 Å². The number of unbranched alkanes of at least 4 members (excludes halogenated alkanes) is 10. The summed E-state index contributed by atoms with van der Waals surface area (Å²) in [7, 11) is 0. The van der Waals surface area contributed by atoms with E-state index in [2.05, 4.69) is 316 Å². The van der Waals surface area contributed by atoms with Crippen LogP contribution in [0.2, 0.25) is 0 Å². The van der Waals surface area contributed by atoms with E-state index in [-0.39, 0.29) is 5.41 Å². The largest absolute Gasteiger partial charge is 0.311 e. The van der Waals surface area contributed by atoms with Crippen molar-refractivity contribution in [2.24, 2.45) is 0 Å². The summed E-state index contributed by atoms with van der Waals surface area (Å²) in [6.07, 6.45) is 18.3. The maximum Gasteiger partial charge on any atom is 0.0547 e. The molecule has 460 valence electrons. The number of nitrogens with zero attached hydrogens (tertiary/aromatic N) is 2. The van der Waals surface area contributed by atoms with E-state index >= 15 is 0 Å². The molecular formula is C91H86N2. The Bertz CT molecular complexity index is 4660. The molecule has 0 N–H and O–H groups in total. The Morgan fingerprint density at radius 3 is 1.26 bits per heavy atom. The molecule has 0 atom stereocenters. The van der Waals surface area contributed by atoms with E-state index in [4.69, 9.17) is 0 Å². The van der Waals surface area contributed by atoms with Gasteiger partial charge in [-0.15, -0.1) is 0 Å². The molecule has 1 heterocycles. The Kier molecular flexibility index (Phi) is 18.0. The van der Waals surface area contributed by atoms with Crippen molar-refractivity contribution in [3.05, 3.63) is 301 Å². The van der Waals surface area contributed by atoms with Gasteiger partial charge in [0.05, 0.1) is 11.0 Å². The van der Waals surface area contributed by atoms with Gasteiger partial charge in [-0.05, 0) is 189 Å². The highest BCUT2D eigenvalue weighted by atomic mass is 15.1. The van der Waals surface area contributed by atoms with Crippen LogP contribution in [0.5, 0.6) is 0 Å². The van der Waals surface area contributed by atoms with Crippen LogP contribution >= 0.6 is 0 Å². The van der Waals surface area contributed by atoms with Gasteiger partial charge in [0, 0.05) is 38.9 Å². The number of rotatable bonds is 24. The molecule has 0 bridgehead atoms. The van der Waals surface area contributed by atoms with E-state index in [1.807, 2.05) is 0 Å². The third kappa shape index (κ3) is 12.7. The normalized spacial score (nSPS) is 12.3. The quantitative estimate of drug-likeness (QED) is 0.0548. The fraction of sp³-hybridized carbons (Fsp3) is 0.209. The molecule has 0 amide bonds. The molecule has 93 heavy (non-hydrogen) atoms. The van der Waals surface area contributed by atoms with Crippen LogP contribution in [0.1, 0.15) is 126 Å². The number of fused-ring (bicyclic) bond motifs is 6. The average molecular weight is 1210 g/mol. The van der Waals surface area contributed by atoms with Gasteiger partial charge in [0.1, 0.15) is 0 Å². The SMILES string of the molecule is CCCCCCCCC1(CCCCCCCC)c2cc(C)ccc2-c2ccc(-c3ccc(-c4ccc(N(c5ccc(-c6ccc(C)cc6)cc5)c5ccc(-c6ccc7c8ccccc8n(-c8cccc(-c9cccc(-c%10ccccc%10)c9)c8)c7c6)cc5)cc4)cc3)cc21. The first-order valence-electron chi connectivity index (χ1n) is 34.7. The van der Waals surface area contributed by atoms with Gasteiger partial charge in [-0.2, -0.15) is 0 Å². The minimum Gasteiger partial charge on any atom is -0.311 e. The zero-order chi connectivity index (χ0) is 63.1. The van der Waals surface area contributed by atoms with Gasteiger partial charge in [0.2, 0.25) is 0 Å². The lowest BCUT2D eigenvalue weighted by molar-refractivity contribution is 0.398. The maximum absolute atomic E-state index is 2.60. The van der Waals surface area contributed by atoms with Crippen molar-refractivity contribution in [3.63, 3.8) is 0 Å². The number of para-hydroxylation sites is 1. The molecule has 14 rings (SSSR count). The number of aromatic nitrogens is 1. The lowest BCUT2D eigenvalue weighted by Gasteiger charge is -2.33. The molecule has 0 fully saturated rings. The molecule has 12 aromatic carbocycles. The molecule has 1 aliphatic carbocycles. The predicted octanol–water partition coefficient (Wildman–Crippen LogP) is 26.6. The number of hydrogen-bond acceptors (Lipinski definition) is 1. The van der Waals surface area contributed by atoms with Crippen LogP contribution in [0.15, 0.2) is 279 Å². The molecule has 0 unspecified atom stereocenters. The molecule has 2 heteroatoms. The van der Waals surface area contributed by atoms with Crippen LogP contribution in [0.25, 0.3) is 105 Å². The van der Waals surface area contributed by atoms with Gasteiger partial charge in [0.15, 0.2) is 0 Å². The molecule has 0 spiro atoms. The number of hydrogen-bond donors (Lipinski definition) is 0. The second-order valence-electron chi connectivity index (χ2n) is 26.4. The number of anilines is 3. The van der Waals surface area contributed by atoms with Gasteiger partial charge in [0.25, 0.3) is 0 Å². The Balaban J connectivity index is 0.761. The summed E-state index contributed by atoms with van der Waals surface area (Å²) in [4.78, 5) is 2.39. The Hall–Kier alpha value is -9.76. The fourth-order valence-electron chi connectivity index (χ4n) is 15.1. The van der Waals surface area contributed by atoms with Crippen molar-refractivity contribution in [1.29, 1.82) is 0 Å². The van der Waals surface area contributed by atoms with Crippen molar-refractivity contribution in [1.82, 2.24) is 4.57 Å². The summed E-state index contributed by atoms with van der Waals surface area (Å²) in [5.41, 5.74) is 30.1. The summed E-state index contributed by atoms with van der Waals surface area (Å²) in [5.74, 6) is 0. The minimum atomic E-state index is 0.0499. The van der Waals surface area contributed by atoms with Gasteiger partial charge in [-0.1, -0.05) is 308 Å². The summed E-state index contributed by atoms with van der Waals surface area (Å²) < 4.78 is 2.44. The van der Waals surface area contributed by atoms with Crippen molar-refractivity contribution in [3.8, 4) is 83.6 Å². The zero-order valence-electron chi connectivity index (χ0n) is 54.9. The minimum absolute atomic E-state index is 0.0499. The number of benzene rings is 12. The highest BCUT2D eigenvalue weighted by Crippen LogP contribution is 2.55. The maximum atomic E-state index is 2.60. The van der Waals surface area contributed by atoms with Crippen LogP contribution in [0.4, 0.5) is 17.1 Å². The molecular weight excluding hydrogens is 1120 g/mol. The highest BCUT2D eigenvalue weighted by molar-refractivity contribution is 6.10. The van der Waals surface area contributed by atoms with E-state index in [1.165, 1.54) is 195 Å². The summed E-state index contributed by atoms with van der Waals surface area (Å²) in [6, 6.07) is 105. The molecule has 1 aromatic heterocycles. The van der Waals surface area contributed by atoms with Gasteiger partial charge < -0.3 is 9.47 Å². The molecule has 0 radical (unpaired) electrons. The Morgan fingerprint density at radius 1 is 0.280 bits per heavy atom. The summed E-state index contributed by atoms with van der Waals surface area (Å²) in [5, 5.41) is 2.48. The molecule has 0 saturated heterocycles. The average Bonchev–Trinajstić information content (AvgIpc) is 1.58. The predicted molar refractivity (Wildman–Crippen MR) is 400 cm³/mol. The van der Waals surface area contributed by atoms with Gasteiger partial charge in [-0.3, -0.25) is 0 Å². The summed E-state index contributed by atoms with van der Waals surface area (Å²) in [6.45, 7) is 9.09. The standard InChI is InChI=1S/C91H86N2/c1-5-7-9-11-13-20-58-91(59-21-14-12-10-8-6-2)87-60-66(4)34-55-83(87)84-56-47-77(63-88(84)91)72-39-37-69(38-40-72)71-43-51-80(52-44-71)92(79-49-41-70(42-50-79)68-35-32-65(3)33-36-68)81-53-45-73(46-54-81)78-48-57-86-85-30-18-19-31-89(85)93(90(86)64-78)82-29-23-28-76(62-82)75-27-22-26-74(61-75)67-24-16-15-17-25-67/h15-19,22-57,60-64H,5-14,20-21,58-59H2,1-4H3. The van der Waals surface area contributed by atoms with Crippen molar-refractivity contribution >= 4 is 38.9 Å². The van der Waals surface area contributed by atoms with E-state index in [0.29, 0.717) is 0 Å². The highest BCUT2D eigenvalue weighted by Gasteiger charge is 2.42. The van der Waals surface area contributed by atoms with Crippen LogP contribution in [0.3, 0.4) is 0 Å². The van der Waals surface area contributed by atoms with Crippen LogP contribution in [-0.4, -0.2) is 4.57 Å². The molecule has 2 nitrogen and oxygen atoms in total. The van der Waals surface area contributed by atoms with Crippen molar-refractivity contribution in [2.45, 2.75) is 123 Å². The number of aryl methyl sites for hydroxylation is 2. The lowest BCUT2D eigenvalue weighted by atomic mass is 9.70. The second kappa shape index (κ2) is 27.6. The van der Waals surface area contributed by atoms with E-state index in [9.17, 15) is 0 Å². The molecule has 0 aliphatic heterocycles. The Labute approximate surface area is 552 Å². The van der Waals surface area contributed by atoms with E-state index in [1.54, 1.807) is 11.1 Å². The van der Waals surface area contributed by atoms with Crippen LogP contribution in [-0.2, 0) is 5.41 Å². The fourth-order valence-corrected chi connectivity index (χ4v) is 15.1. The Morgan fingerprint density at radius 2 is 0.667 bits per heavy atom. The summed E-state index contributed by atoms with van der Waals surface area (Å²) >= 11 is 0. The van der Waals surface area contributed by atoms with Gasteiger partial charge >= 0.3 is 0 Å². The topological polar surface area (TPSA) is 8.17 Å². The lowest BCUT2D eigenvalue weighted by Crippen LogP contribution is -2.25. The first-order valence-corrected chi connectivity index (χ1v) is 34.7. The third-order valence-corrected chi connectivity index (χ3v) is 20.2. The van der Waals surface area contributed by atoms with Crippen molar-refractivity contribution < 1.29 is 0 Å². The smallest absolute Gasteiger partial charge is 0.0547 e. The monoisotopic (exact) mass is 1210 g/mol. The first kappa shape index (κ1) is 60.8. The zero-order valence-corrected chi connectivity index (χ0v) is 54.9. The first-order chi connectivity index (χ1) is 45.8. The second-order valence-corrected chi connectivity index (χ2v) is 26.4. The third-order valence-electron chi connectivity index (χ3n) is 20.2. The van der Waals surface area contributed by atoms with E-state index < -0.39 is 0 Å². The molecule has 1 aliphatic rings. The van der Waals surface area contributed by atoms with E-state index in [0.717, 1.165) is 28.3 Å². The molecule has 13 aromatic rings. The van der Waals surface area contributed by atoms with Crippen LogP contribution < -0.4 is 4.90 Å². The van der Waals surface area contributed by atoms with Gasteiger partial charge in [-0.25, -0.2) is 0 Å². The van der Waals surface area contributed by atoms with Crippen LogP contribution in [0, 0.1) is 13.8 Å². The molecule has 0 saturated carbocycles.